The molecule has 4 heterocycles. The number of benzene rings is 2. The maximum atomic E-state index is 12.5. The van der Waals surface area contributed by atoms with Crippen molar-refractivity contribution in [3.63, 3.8) is 0 Å². The molecule has 2 aliphatic rings. The Balaban J connectivity index is 0.000000232. The summed E-state index contributed by atoms with van der Waals surface area (Å²) < 4.78 is 19.4. The molecule has 0 spiro atoms. The Kier molecular flexibility index (Phi) is 18.8. The minimum atomic E-state index is -1.06. The summed E-state index contributed by atoms with van der Waals surface area (Å²) in [6.45, 7) is 27.7. The average molecular weight is 850 g/mol. The summed E-state index contributed by atoms with van der Waals surface area (Å²) in [7, 11) is 0. The van der Waals surface area contributed by atoms with Crippen molar-refractivity contribution in [3.8, 4) is 0 Å². The van der Waals surface area contributed by atoms with Gasteiger partial charge in [-0.1, -0.05) is 27.2 Å². The van der Waals surface area contributed by atoms with E-state index >= 15 is 0 Å². The fourth-order valence-corrected chi connectivity index (χ4v) is 6.91. The van der Waals surface area contributed by atoms with E-state index in [1.165, 1.54) is 55.5 Å². The molecular weight excluding hydrogens is 775 g/mol. The average Bonchev–Trinajstić information content (AvgIpc) is 3.78. The summed E-state index contributed by atoms with van der Waals surface area (Å²) >= 11 is 0. The third-order valence-electron chi connectivity index (χ3n) is 9.79. The summed E-state index contributed by atoms with van der Waals surface area (Å²) in [6.07, 6.45) is 4.56. The Hall–Kier alpha value is -4.95. The van der Waals surface area contributed by atoms with Gasteiger partial charge in [-0.3, -0.25) is 4.90 Å². The van der Waals surface area contributed by atoms with Crippen LogP contribution in [0.3, 0.4) is 0 Å². The van der Waals surface area contributed by atoms with Crippen LogP contribution in [0.2, 0.25) is 0 Å². The number of ether oxygens (including phenoxy) is 4. The van der Waals surface area contributed by atoms with E-state index in [-0.39, 0.29) is 12.1 Å². The van der Waals surface area contributed by atoms with E-state index in [4.69, 9.17) is 25.7 Å². The van der Waals surface area contributed by atoms with Crippen LogP contribution in [0.15, 0.2) is 48.5 Å². The summed E-state index contributed by atoms with van der Waals surface area (Å²) in [5, 5.41) is 5.84. The molecule has 14 heteroatoms. The van der Waals surface area contributed by atoms with Gasteiger partial charge in [-0.2, -0.15) is 0 Å². The SMILES string of the molecule is CC(C)(C)OC(=O)N1CCCCC1c1cc2cc(N)ccc2[nH]1.CC(C)(C)OC(=O)OC(=O)OC(C)(C)C.CCN(CC)CC.Nc1ccc2[nH]c(C3CCCCN3)cc2c1. The second kappa shape index (κ2) is 22.8. The highest BCUT2D eigenvalue weighted by Gasteiger charge is 2.32. The molecule has 2 saturated heterocycles. The zero-order chi connectivity index (χ0) is 45.5. The van der Waals surface area contributed by atoms with E-state index in [1.807, 2.05) is 56.0 Å². The molecule has 2 unspecified atom stereocenters. The Bertz CT molecular complexity index is 1950. The van der Waals surface area contributed by atoms with Crippen molar-refractivity contribution in [2.24, 2.45) is 0 Å². The van der Waals surface area contributed by atoms with Crippen LogP contribution >= 0.6 is 0 Å². The van der Waals surface area contributed by atoms with Gasteiger partial charge < -0.3 is 50.6 Å². The molecular formula is C47H75N7O7. The number of aromatic amines is 2. The Morgan fingerprint density at radius 1 is 0.656 bits per heavy atom. The smallest absolute Gasteiger partial charge is 0.444 e. The number of likely N-dealkylation sites (tertiary alicyclic amines) is 1. The quantitative estimate of drug-likeness (QED) is 0.0556. The molecule has 0 radical (unpaired) electrons. The first kappa shape index (κ1) is 50.4. The lowest BCUT2D eigenvalue weighted by Gasteiger charge is -2.36. The highest BCUT2D eigenvalue weighted by molar-refractivity contribution is 5.84. The van der Waals surface area contributed by atoms with Crippen LogP contribution in [-0.4, -0.2) is 87.7 Å². The Morgan fingerprint density at radius 2 is 1.13 bits per heavy atom. The first-order chi connectivity index (χ1) is 28.5. The molecule has 2 aromatic heterocycles. The zero-order valence-electron chi connectivity index (χ0n) is 39.0. The summed E-state index contributed by atoms with van der Waals surface area (Å²) in [4.78, 5) is 45.7. The predicted molar refractivity (Wildman–Crippen MR) is 247 cm³/mol. The number of nitrogen functional groups attached to an aromatic ring is 2. The number of hydrogen-bond acceptors (Lipinski definition) is 11. The third kappa shape index (κ3) is 17.9. The second-order valence-electron chi connectivity index (χ2n) is 18.5. The van der Waals surface area contributed by atoms with Crippen molar-refractivity contribution in [2.45, 2.75) is 150 Å². The summed E-state index contributed by atoms with van der Waals surface area (Å²) in [5.74, 6) is 0. The number of nitrogens with zero attached hydrogens (tertiary/aromatic N) is 2. The minimum absolute atomic E-state index is 0.0345. The molecule has 1 amide bonds. The van der Waals surface area contributed by atoms with Crippen LogP contribution in [0.5, 0.6) is 0 Å². The molecule has 0 aliphatic carbocycles. The normalized spacial score (nSPS) is 16.9. The van der Waals surface area contributed by atoms with Gasteiger partial charge in [0.1, 0.15) is 16.8 Å². The van der Waals surface area contributed by atoms with Gasteiger partial charge in [0.15, 0.2) is 0 Å². The van der Waals surface area contributed by atoms with Gasteiger partial charge in [0.25, 0.3) is 0 Å². The molecule has 2 fully saturated rings. The number of anilines is 2. The number of carbonyl (C=O) groups is 3. The van der Waals surface area contributed by atoms with Gasteiger partial charge in [-0.05, 0) is 169 Å². The Morgan fingerprint density at radius 3 is 1.57 bits per heavy atom. The molecule has 6 rings (SSSR count). The number of carbonyl (C=O) groups excluding carboxylic acids is 3. The first-order valence-electron chi connectivity index (χ1n) is 21.9. The van der Waals surface area contributed by atoms with Crippen LogP contribution < -0.4 is 16.8 Å². The van der Waals surface area contributed by atoms with Crippen LogP contribution in [-0.2, 0) is 18.9 Å². The lowest BCUT2D eigenvalue weighted by Crippen LogP contribution is -2.42. The largest absolute Gasteiger partial charge is 0.519 e. The molecule has 7 N–H and O–H groups in total. The van der Waals surface area contributed by atoms with Crippen LogP contribution in [0.25, 0.3) is 21.8 Å². The fourth-order valence-electron chi connectivity index (χ4n) is 6.91. The number of nitrogens with one attached hydrogen (secondary N) is 3. The van der Waals surface area contributed by atoms with Gasteiger partial charge >= 0.3 is 18.4 Å². The number of aromatic nitrogens is 2. The van der Waals surface area contributed by atoms with Crippen LogP contribution in [0.4, 0.5) is 25.8 Å². The fraction of sp³-hybridized carbons (Fsp3) is 0.596. The number of piperidine rings is 2. The van der Waals surface area contributed by atoms with Gasteiger partial charge in [-0.15, -0.1) is 0 Å². The molecule has 0 saturated carbocycles. The van der Waals surface area contributed by atoms with Crippen LogP contribution in [0.1, 0.15) is 145 Å². The lowest BCUT2D eigenvalue weighted by molar-refractivity contribution is -0.0294. The molecule has 61 heavy (non-hydrogen) atoms. The van der Waals surface area contributed by atoms with Crippen molar-refractivity contribution in [3.05, 3.63) is 59.9 Å². The summed E-state index contributed by atoms with van der Waals surface area (Å²) in [5.41, 5.74) is 15.9. The number of nitrogens with two attached hydrogens (primary N) is 2. The van der Waals surface area contributed by atoms with E-state index in [2.05, 4.69) is 63.9 Å². The standard InChI is InChI=1S/C18H25N3O2.C13H17N3.C10H18O5.C6H15N/c1-18(2,3)23-17(22)21-9-5-4-6-16(21)15-11-12-10-13(19)7-8-14(12)20-15;14-10-4-5-11-9(7-10)8-13(16-11)12-3-1-2-6-15-12;1-9(2,3)14-7(11)13-8(12)15-10(4,5)6;1-4-7(5-2)6-3/h7-8,10-11,16,20H,4-6,9,19H2,1-3H3;4-5,7-8,12,15-16H,1-3,6,14H2;1-6H3;4-6H2,1-3H3. The maximum Gasteiger partial charge on any atom is 0.519 e. The van der Waals surface area contributed by atoms with Crippen molar-refractivity contribution in [1.29, 1.82) is 0 Å². The number of amides is 1. The minimum Gasteiger partial charge on any atom is -0.444 e. The predicted octanol–water partition coefficient (Wildman–Crippen LogP) is 11.0. The van der Waals surface area contributed by atoms with E-state index in [0.717, 1.165) is 60.3 Å². The van der Waals surface area contributed by atoms with Crippen molar-refractivity contribution >= 4 is 51.6 Å². The van der Waals surface area contributed by atoms with Crippen molar-refractivity contribution in [2.75, 3.05) is 44.2 Å². The second-order valence-corrected chi connectivity index (χ2v) is 18.5. The molecule has 340 valence electrons. The molecule has 2 aromatic carbocycles. The zero-order valence-corrected chi connectivity index (χ0v) is 39.0. The first-order valence-corrected chi connectivity index (χ1v) is 21.9. The number of rotatable bonds is 5. The highest BCUT2D eigenvalue weighted by Crippen LogP contribution is 2.34. The van der Waals surface area contributed by atoms with E-state index in [1.54, 1.807) is 41.5 Å². The third-order valence-corrected chi connectivity index (χ3v) is 9.79. The van der Waals surface area contributed by atoms with E-state index < -0.39 is 29.1 Å². The number of fused-ring (bicyclic) bond motifs is 2. The van der Waals surface area contributed by atoms with Gasteiger partial charge in [0.2, 0.25) is 0 Å². The summed E-state index contributed by atoms with van der Waals surface area (Å²) in [6, 6.07) is 16.7. The van der Waals surface area contributed by atoms with E-state index in [0.29, 0.717) is 6.04 Å². The maximum absolute atomic E-state index is 12.5. The van der Waals surface area contributed by atoms with E-state index in [9.17, 15) is 14.4 Å². The van der Waals surface area contributed by atoms with Gasteiger partial charge in [-0.25, -0.2) is 14.4 Å². The molecule has 0 bridgehead atoms. The van der Waals surface area contributed by atoms with Crippen molar-refractivity contribution < 1.29 is 33.3 Å². The lowest BCUT2D eigenvalue weighted by atomic mass is 10.00. The molecule has 2 atom stereocenters. The Labute approximate surface area is 363 Å². The monoisotopic (exact) mass is 850 g/mol. The van der Waals surface area contributed by atoms with Gasteiger partial charge in [0.05, 0.1) is 6.04 Å². The van der Waals surface area contributed by atoms with Gasteiger partial charge in [0, 0.05) is 57.2 Å². The molecule has 2 aliphatic heterocycles. The molecule has 14 nitrogen and oxygen atoms in total. The highest BCUT2D eigenvalue weighted by atomic mass is 16.8. The topological polar surface area (TPSA) is 190 Å². The van der Waals surface area contributed by atoms with Crippen molar-refractivity contribution in [1.82, 2.24) is 25.1 Å². The number of hydrogen-bond donors (Lipinski definition) is 5. The van der Waals surface area contributed by atoms with Crippen LogP contribution in [0, 0.1) is 0 Å². The number of H-pyrrole nitrogens is 2. The molecule has 4 aromatic rings.